The summed E-state index contributed by atoms with van der Waals surface area (Å²) in [6, 6.07) is 0. The van der Waals surface area contributed by atoms with Crippen LogP contribution in [0.4, 0.5) is 11.6 Å². The van der Waals surface area contributed by atoms with Gasteiger partial charge < -0.3 is 15.5 Å². The molecule has 6 nitrogen and oxygen atoms in total. The second kappa shape index (κ2) is 7.03. The number of methoxy groups -OCH3 is 1. The van der Waals surface area contributed by atoms with Crippen LogP contribution in [0.2, 0.25) is 0 Å². The molecule has 1 heterocycles. The van der Waals surface area contributed by atoms with Gasteiger partial charge in [0.25, 0.3) is 0 Å². The van der Waals surface area contributed by atoms with E-state index in [4.69, 9.17) is 10.6 Å². The Morgan fingerprint density at radius 1 is 1.35 bits per heavy atom. The lowest BCUT2D eigenvalue weighted by Gasteiger charge is -2.16. The minimum Gasteiger partial charge on any atom is -0.385 e. The van der Waals surface area contributed by atoms with E-state index in [1.54, 1.807) is 7.11 Å². The van der Waals surface area contributed by atoms with Crippen LogP contribution in [0, 0.1) is 0 Å². The highest BCUT2D eigenvalue weighted by atomic mass is 16.5. The summed E-state index contributed by atoms with van der Waals surface area (Å²) in [5, 5.41) is 3.28. The Labute approximate surface area is 102 Å². The Kier molecular flexibility index (Phi) is 5.65. The number of nitrogens with zero attached hydrogens (tertiary/aromatic N) is 2. The van der Waals surface area contributed by atoms with E-state index in [9.17, 15) is 0 Å². The maximum Gasteiger partial charge on any atom is 0.148 e. The number of hydrazine groups is 1. The van der Waals surface area contributed by atoms with Crippen molar-refractivity contribution >= 4 is 11.6 Å². The molecule has 6 heteroatoms. The molecular weight excluding hydrogens is 218 g/mol. The van der Waals surface area contributed by atoms with E-state index < -0.39 is 0 Å². The van der Waals surface area contributed by atoms with E-state index in [0.717, 1.165) is 31.0 Å². The van der Waals surface area contributed by atoms with Crippen LogP contribution in [0.15, 0.2) is 6.33 Å². The summed E-state index contributed by atoms with van der Waals surface area (Å²) in [5.74, 6) is 7.25. The highest BCUT2D eigenvalue weighted by Crippen LogP contribution is 2.27. The molecule has 0 unspecified atom stereocenters. The summed E-state index contributed by atoms with van der Waals surface area (Å²) >= 11 is 0. The number of nitrogen functional groups attached to an aromatic ring is 1. The third-order valence-corrected chi connectivity index (χ3v) is 2.42. The van der Waals surface area contributed by atoms with Crippen LogP contribution in [0.3, 0.4) is 0 Å². The first-order chi connectivity index (χ1) is 8.20. The fourth-order valence-corrected chi connectivity index (χ4v) is 1.62. The lowest BCUT2D eigenvalue weighted by atomic mass is 10.0. The van der Waals surface area contributed by atoms with Gasteiger partial charge in [-0.25, -0.2) is 15.8 Å². The van der Waals surface area contributed by atoms with Crippen molar-refractivity contribution in [3.05, 3.63) is 11.9 Å². The van der Waals surface area contributed by atoms with Crippen LogP contribution in [0.25, 0.3) is 0 Å². The third-order valence-electron chi connectivity index (χ3n) is 2.42. The van der Waals surface area contributed by atoms with Gasteiger partial charge in [-0.1, -0.05) is 13.8 Å². The molecule has 17 heavy (non-hydrogen) atoms. The van der Waals surface area contributed by atoms with Crippen molar-refractivity contribution in [2.24, 2.45) is 5.84 Å². The normalized spacial score (nSPS) is 10.6. The van der Waals surface area contributed by atoms with E-state index in [-0.39, 0.29) is 0 Å². The van der Waals surface area contributed by atoms with Gasteiger partial charge in [0.1, 0.15) is 18.0 Å². The van der Waals surface area contributed by atoms with Crippen molar-refractivity contribution < 1.29 is 4.74 Å². The lowest BCUT2D eigenvalue weighted by Crippen LogP contribution is -2.15. The van der Waals surface area contributed by atoms with Gasteiger partial charge in [0, 0.05) is 25.8 Å². The van der Waals surface area contributed by atoms with Crippen LogP contribution in [-0.2, 0) is 4.74 Å². The van der Waals surface area contributed by atoms with E-state index in [1.807, 2.05) is 0 Å². The first-order valence-electron chi connectivity index (χ1n) is 5.75. The zero-order valence-electron chi connectivity index (χ0n) is 10.7. The maximum atomic E-state index is 5.45. The molecule has 1 rings (SSSR count). The fraction of sp³-hybridized carbons (Fsp3) is 0.636. The summed E-state index contributed by atoms with van der Waals surface area (Å²) in [7, 11) is 1.70. The van der Waals surface area contributed by atoms with Crippen LogP contribution in [0.1, 0.15) is 31.7 Å². The van der Waals surface area contributed by atoms with Crippen LogP contribution < -0.4 is 16.6 Å². The molecule has 4 N–H and O–H groups in total. The van der Waals surface area contributed by atoms with Crippen LogP contribution >= 0.6 is 0 Å². The molecule has 0 radical (unpaired) electrons. The van der Waals surface area contributed by atoms with E-state index in [1.165, 1.54) is 6.33 Å². The predicted molar refractivity (Wildman–Crippen MR) is 68.9 cm³/mol. The van der Waals surface area contributed by atoms with Crippen LogP contribution in [-0.4, -0.2) is 30.2 Å². The standard InChI is InChI=1S/C11H21N5O/c1-8(2)9-10(13-5-4-6-17-3)14-7-15-11(9)16-12/h7-8H,4-6,12H2,1-3H3,(H2,13,14,15,16). The number of rotatable bonds is 7. The zero-order valence-corrected chi connectivity index (χ0v) is 10.7. The van der Waals surface area contributed by atoms with E-state index in [2.05, 4.69) is 34.6 Å². The molecule has 0 atom stereocenters. The van der Waals surface area contributed by atoms with Gasteiger partial charge in [-0.05, 0) is 12.3 Å². The van der Waals surface area contributed by atoms with Gasteiger partial charge in [-0.15, -0.1) is 0 Å². The van der Waals surface area contributed by atoms with Gasteiger partial charge in [0.15, 0.2) is 0 Å². The molecule has 0 aliphatic heterocycles. The van der Waals surface area contributed by atoms with Gasteiger partial charge in [-0.2, -0.15) is 0 Å². The Bertz CT molecular complexity index is 343. The number of ether oxygens (including phenoxy) is 1. The predicted octanol–water partition coefficient (Wildman–Crippen LogP) is 1.33. The Morgan fingerprint density at radius 2 is 2.06 bits per heavy atom. The molecule has 0 saturated carbocycles. The van der Waals surface area contributed by atoms with Gasteiger partial charge in [0.05, 0.1) is 0 Å². The second-order valence-corrected chi connectivity index (χ2v) is 4.06. The molecule has 0 aliphatic carbocycles. The van der Waals surface area contributed by atoms with Crippen molar-refractivity contribution in [1.82, 2.24) is 9.97 Å². The minimum atomic E-state index is 0.298. The average molecular weight is 239 g/mol. The van der Waals surface area contributed by atoms with Crippen molar-refractivity contribution in [3.63, 3.8) is 0 Å². The van der Waals surface area contributed by atoms with Crippen molar-refractivity contribution in [1.29, 1.82) is 0 Å². The quantitative estimate of drug-likeness (QED) is 0.378. The van der Waals surface area contributed by atoms with Gasteiger partial charge in [0.2, 0.25) is 0 Å². The third kappa shape index (κ3) is 3.83. The number of hydrogen-bond donors (Lipinski definition) is 3. The molecule has 1 aromatic rings. The molecule has 0 spiro atoms. The smallest absolute Gasteiger partial charge is 0.148 e. The second-order valence-electron chi connectivity index (χ2n) is 4.06. The van der Waals surface area contributed by atoms with Gasteiger partial charge in [-0.3, -0.25) is 0 Å². The van der Waals surface area contributed by atoms with Gasteiger partial charge >= 0.3 is 0 Å². The maximum absolute atomic E-state index is 5.45. The summed E-state index contributed by atoms with van der Waals surface area (Å²) in [5.41, 5.74) is 3.61. The van der Waals surface area contributed by atoms with Crippen molar-refractivity contribution in [3.8, 4) is 0 Å². The minimum absolute atomic E-state index is 0.298. The highest BCUT2D eigenvalue weighted by Gasteiger charge is 2.13. The molecule has 0 aromatic carbocycles. The summed E-state index contributed by atoms with van der Waals surface area (Å²) in [4.78, 5) is 8.36. The number of nitrogens with two attached hydrogens (primary N) is 1. The topological polar surface area (TPSA) is 85.1 Å². The number of aromatic nitrogens is 2. The monoisotopic (exact) mass is 239 g/mol. The first-order valence-corrected chi connectivity index (χ1v) is 5.75. The average Bonchev–Trinajstić information content (AvgIpc) is 2.33. The van der Waals surface area contributed by atoms with E-state index in [0.29, 0.717) is 11.7 Å². The molecule has 0 fully saturated rings. The SMILES string of the molecule is COCCCNc1ncnc(NN)c1C(C)C. The molecule has 0 amide bonds. The Hall–Kier alpha value is -1.40. The zero-order chi connectivity index (χ0) is 12.7. The molecule has 0 aliphatic rings. The number of hydrogen-bond acceptors (Lipinski definition) is 6. The molecule has 1 aromatic heterocycles. The molecular formula is C11H21N5O. The summed E-state index contributed by atoms with van der Waals surface area (Å²) in [6.07, 6.45) is 2.43. The number of anilines is 2. The Balaban J connectivity index is 2.76. The molecule has 0 bridgehead atoms. The largest absolute Gasteiger partial charge is 0.385 e. The van der Waals surface area contributed by atoms with Crippen molar-refractivity contribution in [2.75, 3.05) is 31.0 Å². The summed E-state index contributed by atoms with van der Waals surface area (Å²) < 4.78 is 5.00. The molecule has 0 saturated heterocycles. The molecule has 96 valence electrons. The lowest BCUT2D eigenvalue weighted by molar-refractivity contribution is 0.197. The van der Waals surface area contributed by atoms with Crippen LogP contribution in [0.5, 0.6) is 0 Å². The summed E-state index contributed by atoms with van der Waals surface area (Å²) in [6.45, 7) is 5.71. The van der Waals surface area contributed by atoms with Crippen molar-refractivity contribution in [2.45, 2.75) is 26.2 Å². The first kappa shape index (κ1) is 13.7. The Morgan fingerprint density at radius 3 is 2.65 bits per heavy atom. The fourth-order valence-electron chi connectivity index (χ4n) is 1.62. The highest BCUT2D eigenvalue weighted by molar-refractivity contribution is 5.58. The number of nitrogens with one attached hydrogen (secondary N) is 2. The van der Waals surface area contributed by atoms with E-state index >= 15 is 0 Å².